The topological polar surface area (TPSA) is 193 Å². The van der Waals surface area contributed by atoms with Crippen LogP contribution in [0.5, 0.6) is 0 Å². The van der Waals surface area contributed by atoms with Crippen LogP contribution in [0.25, 0.3) is 0 Å². The van der Waals surface area contributed by atoms with Crippen molar-refractivity contribution in [2.45, 2.75) is 17.9 Å². The molecule has 0 aromatic carbocycles. The number of nitrogens with two attached hydrogens (primary N) is 1. The quantitative estimate of drug-likeness (QED) is 0.214. The number of hydrogen-bond acceptors (Lipinski definition) is 4. The van der Waals surface area contributed by atoms with Crippen molar-refractivity contribution in [2.75, 3.05) is 6.54 Å². The van der Waals surface area contributed by atoms with Crippen LogP contribution in [-0.2, 0) is 9.13 Å². The Kier molecular flexibility index (Phi) is 11.6. The molecule has 9 N–H and O–H groups in total. The van der Waals surface area contributed by atoms with Crippen LogP contribution in [-0.4, -0.2) is 41.8 Å². The standard InChI is InChI=1S/C4H13NO7P2.K.H2O.H/c5-3-1-2-4(6,13(7,8)9)14(10,11)12;;;/h6H,1-3,5H2,(H2,7,8,9)(H2,10,11,12);;1H2;/q;+1;;-1. The molecule has 0 bridgehead atoms. The van der Waals surface area contributed by atoms with Crippen molar-refractivity contribution >= 4 is 15.2 Å². The van der Waals surface area contributed by atoms with Gasteiger partial charge in [0, 0.05) is 6.42 Å². The summed E-state index contributed by atoms with van der Waals surface area (Å²) in [6.45, 7) is -0.0394. The van der Waals surface area contributed by atoms with Gasteiger partial charge in [0.2, 0.25) is 0 Å². The van der Waals surface area contributed by atoms with Crippen LogP contribution in [0.2, 0.25) is 0 Å². The number of hydrogen-bond donors (Lipinski definition) is 6. The molecule has 0 fully saturated rings. The summed E-state index contributed by atoms with van der Waals surface area (Å²) in [5, 5.41) is 5.91. The van der Waals surface area contributed by atoms with Crippen LogP contribution in [0.1, 0.15) is 14.3 Å². The van der Waals surface area contributed by atoms with Crippen molar-refractivity contribution in [3.8, 4) is 0 Å². The van der Waals surface area contributed by atoms with Gasteiger partial charge < -0.3 is 37.3 Å². The van der Waals surface area contributed by atoms with E-state index in [1.807, 2.05) is 0 Å². The first-order valence-electron chi connectivity index (χ1n) is 3.60. The van der Waals surface area contributed by atoms with Crippen molar-refractivity contribution in [1.82, 2.24) is 0 Å². The molecule has 0 spiro atoms. The molecule has 0 radical (unpaired) electrons. The molecule has 0 rings (SSSR count). The van der Waals surface area contributed by atoms with Crippen LogP contribution >= 0.6 is 15.2 Å². The summed E-state index contributed by atoms with van der Waals surface area (Å²) < 4.78 is 21.4. The summed E-state index contributed by atoms with van der Waals surface area (Å²) in [6.07, 6.45) is -0.856. The molecule has 0 saturated heterocycles. The molecule has 12 heteroatoms. The van der Waals surface area contributed by atoms with E-state index in [0.29, 0.717) is 0 Å². The van der Waals surface area contributed by atoms with Gasteiger partial charge in [-0.3, -0.25) is 9.13 Å². The Balaban J connectivity index is -0.000000282. The fourth-order valence-electron chi connectivity index (χ4n) is 0.800. The third-order valence-electron chi connectivity index (χ3n) is 1.65. The van der Waals surface area contributed by atoms with Crippen molar-refractivity contribution in [3.63, 3.8) is 0 Å². The fraction of sp³-hybridized carbons (Fsp3) is 1.00. The third kappa shape index (κ3) is 5.64. The zero-order chi connectivity index (χ0) is 11.6. The summed E-state index contributed by atoms with van der Waals surface area (Å²) in [5.41, 5.74) is 5.01. The largest absolute Gasteiger partial charge is 1.00 e. The van der Waals surface area contributed by atoms with Crippen LogP contribution in [0.3, 0.4) is 0 Å². The molecule has 0 saturated carbocycles. The summed E-state index contributed by atoms with van der Waals surface area (Å²) >= 11 is 0. The Morgan fingerprint density at radius 3 is 1.62 bits per heavy atom. The van der Waals surface area contributed by atoms with E-state index >= 15 is 0 Å². The maximum atomic E-state index is 10.7. The Morgan fingerprint density at radius 2 is 1.44 bits per heavy atom. The Bertz CT molecular complexity index is 269. The van der Waals surface area contributed by atoms with E-state index in [-0.39, 0.29) is 71.3 Å². The SMILES string of the molecule is NCCCC(O)(P(=O)(O)O)P(=O)(O)O.O.[H-].[K+]. The maximum Gasteiger partial charge on any atom is 1.00 e. The van der Waals surface area contributed by atoms with Gasteiger partial charge in [0.15, 0.2) is 0 Å². The van der Waals surface area contributed by atoms with Gasteiger partial charge in [-0.15, -0.1) is 0 Å². The van der Waals surface area contributed by atoms with Crippen LogP contribution < -0.4 is 57.1 Å². The minimum Gasteiger partial charge on any atom is -1.00 e. The zero-order valence-electron chi connectivity index (χ0n) is 9.65. The van der Waals surface area contributed by atoms with Crippen molar-refractivity contribution in [2.24, 2.45) is 5.73 Å². The normalized spacial score (nSPS) is 12.6. The van der Waals surface area contributed by atoms with Gasteiger partial charge >= 0.3 is 66.6 Å². The first kappa shape index (κ1) is 23.0. The van der Waals surface area contributed by atoms with Gasteiger partial charge in [-0.2, -0.15) is 0 Å². The van der Waals surface area contributed by atoms with Gasteiger partial charge in [0.25, 0.3) is 5.08 Å². The molecule has 0 aromatic rings. The van der Waals surface area contributed by atoms with Gasteiger partial charge in [0.1, 0.15) is 0 Å². The smallest absolute Gasteiger partial charge is 1.00 e. The van der Waals surface area contributed by atoms with E-state index in [9.17, 15) is 14.2 Å². The molecule has 0 amide bonds. The second-order valence-electron chi connectivity index (χ2n) is 2.75. The molecule has 0 aromatic heterocycles. The van der Waals surface area contributed by atoms with Crippen molar-refractivity contribution < 1.29 is 92.1 Å². The predicted octanol–water partition coefficient (Wildman–Crippen LogP) is -4.98. The first-order valence-corrected chi connectivity index (χ1v) is 6.82. The summed E-state index contributed by atoms with van der Waals surface area (Å²) in [6, 6.07) is 0. The monoisotopic (exact) mass is 307 g/mol. The average molecular weight is 307 g/mol. The molecule has 0 atom stereocenters. The molecule has 0 unspecified atom stereocenters. The van der Waals surface area contributed by atoms with E-state index in [0.717, 1.165) is 0 Å². The third-order valence-corrected chi connectivity index (χ3v) is 5.53. The molecule has 0 aliphatic heterocycles. The molecular weight excluding hydrogens is 291 g/mol. The molecular formula is C4H16KNO8P2. The Labute approximate surface area is 136 Å². The Morgan fingerprint density at radius 1 is 1.12 bits per heavy atom. The molecule has 0 heterocycles. The zero-order valence-corrected chi connectivity index (χ0v) is 13.6. The molecule has 9 nitrogen and oxygen atoms in total. The van der Waals surface area contributed by atoms with Crippen molar-refractivity contribution in [1.29, 1.82) is 0 Å². The summed E-state index contributed by atoms with van der Waals surface area (Å²) in [7, 11) is -10.6. The molecule has 0 aliphatic rings. The minimum atomic E-state index is -5.30. The van der Waals surface area contributed by atoms with E-state index in [1.165, 1.54) is 0 Å². The van der Waals surface area contributed by atoms with Crippen molar-refractivity contribution in [3.05, 3.63) is 0 Å². The number of aliphatic hydroxyl groups is 1. The summed E-state index contributed by atoms with van der Waals surface area (Å²) in [5.74, 6) is 0. The van der Waals surface area contributed by atoms with E-state index in [4.69, 9.17) is 25.3 Å². The van der Waals surface area contributed by atoms with Gasteiger partial charge in [-0.05, 0) is 13.0 Å². The summed E-state index contributed by atoms with van der Waals surface area (Å²) in [4.78, 5) is 34.5. The van der Waals surface area contributed by atoms with E-state index in [2.05, 4.69) is 0 Å². The minimum absolute atomic E-state index is 0. The fourth-order valence-corrected chi connectivity index (χ4v) is 3.06. The van der Waals surface area contributed by atoms with E-state index in [1.54, 1.807) is 0 Å². The number of rotatable bonds is 5. The van der Waals surface area contributed by atoms with Gasteiger partial charge in [0.05, 0.1) is 0 Å². The average Bonchev–Trinajstić information content (AvgIpc) is 1.95. The second kappa shape index (κ2) is 8.08. The van der Waals surface area contributed by atoms with E-state index < -0.39 is 26.7 Å². The predicted molar refractivity (Wildman–Crippen MR) is 52.1 cm³/mol. The molecule has 0 aliphatic carbocycles. The maximum absolute atomic E-state index is 10.7. The molecule has 96 valence electrons. The van der Waals surface area contributed by atoms with Crippen LogP contribution in [0.4, 0.5) is 0 Å². The van der Waals surface area contributed by atoms with Crippen LogP contribution in [0, 0.1) is 0 Å². The first-order chi connectivity index (χ1) is 6.06. The second-order valence-corrected chi connectivity index (χ2v) is 6.76. The Hall–Kier alpha value is 1.82. The van der Waals surface area contributed by atoms with Crippen LogP contribution in [0.15, 0.2) is 0 Å². The molecule has 16 heavy (non-hydrogen) atoms. The van der Waals surface area contributed by atoms with Gasteiger partial charge in [-0.25, -0.2) is 0 Å². The van der Waals surface area contributed by atoms with Gasteiger partial charge in [-0.1, -0.05) is 0 Å².